The number of fused-ring (bicyclic) bond motifs is 1. The summed E-state index contributed by atoms with van der Waals surface area (Å²) >= 11 is 0. The van der Waals surface area contributed by atoms with Gasteiger partial charge in [-0.15, -0.1) is 0 Å². The Labute approximate surface area is 131 Å². The molecule has 0 spiro atoms. The lowest BCUT2D eigenvalue weighted by molar-refractivity contribution is -0.130. The molecule has 0 radical (unpaired) electrons. The Balaban J connectivity index is 1.55. The second kappa shape index (κ2) is 6.16. The molecule has 1 unspecified atom stereocenters. The zero-order valence-electron chi connectivity index (χ0n) is 13.1. The molecule has 1 amide bonds. The highest BCUT2D eigenvalue weighted by atomic mass is 16.6. The van der Waals surface area contributed by atoms with Crippen molar-refractivity contribution in [2.24, 2.45) is 11.1 Å². The van der Waals surface area contributed by atoms with E-state index in [1.807, 2.05) is 23.1 Å². The summed E-state index contributed by atoms with van der Waals surface area (Å²) in [6.45, 7) is 5.58. The second-order valence-electron chi connectivity index (χ2n) is 6.56. The fourth-order valence-corrected chi connectivity index (χ4v) is 3.06. The van der Waals surface area contributed by atoms with Crippen molar-refractivity contribution in [3.63, 3.8) is 0 Å². The summed E-state index contributed by atoms with van der Waals surface area (Å²) < 4.78 is 11.1. The third kappa shape index (κ3) is 3.19. The minimum Gasteiger partial charge on any atom is -0.486 e. The van der Waals surface area contributed by atoms with Crippen molar-refractivity contribution in [2.45, 2.75) is 26.2 Å². The van der Waals surface area contributed by atoms with Gasteiger partial charge in [-0.05, 0) is 42.5 Å². The van der Waals surface area contributed by atoms with E-state index >= 15 is 0 Å². The number of hydrogen-bond donors (Lipinski definition) is 1. The number of rotatable bonds is 4. The minimum absolute atomic E-state index is 0.0899. The summed E-state index contributed by atoms with van der Waals surface area (Å²) in [5.41, 5.74) is 7.00. The maximum Gasteiger partial charge on any atom is 0.222 e. The number of hydrogen-bond acceptors (Lipinski definition) is 4. The van der Waals surface area contributed by atoms with E-state index in [1.165, 1.54) is 0 Å². The van der Waals surface area contributed by atoms with Crippen LogP contribution >= 0.6 is 0 Å². The topological polar surface area (TPSA) is 64.8 Å². The Hall–Kier alpha value is -1.75. The molecule has 5 heteroatoms. The largest absolute Gasteiger partial charge is 0.486 e. The first-order chi connectivity index (χ1) is 10.6. The Kier molecular flexibility index (Phi) is 4.25. The third-order valence-electron chi connectivity index (χ3n) is 4.64. The van der Waals surface area contributed by atoms with Crippen LogP contribution < -0.4 is 15.2 Å². The zero-order chi connectivity index (χ0) is 15.6. The molecule has 1 fully saturated rings. The highest BCUT2D eigenvalue weighted by molar-refractivity contribution is 5.76. The molecule has 0 saturated carbocycles. The van der Waals surface area contributed by atoms with E-state index < -0.39 is 0 Å². The summed E-state index contributed by atoms with van der Waals surface area (Å²) in [4.78, 5) is 14.3. The van der Waals surface area contributed by atoms with Gasteiger partial charge in [0, 0.05) is 19.5 Å². The van der Waals surface area contributed by atoms with Gasteiger partial charge in [-0.3, -0.25) is 4.79 Å². The van der Waals surface area contributed by atoms with Crippen LogP contribution in [0.4, 0.5) is 0 Å². The van der Waals surface area contributed by atoms with Crippen molar-refractivity contribution in [2.75, 3.05) is 32.8 Å². The predicted octanol–water partition coefficient (Wildman–Crippen LogP) is 1.59. The number of benzene rings is 1. The van der Waals surface area contributed by atoms with Crippen molar-refractivity contribution in [3.05, 3.63) is 23.8 Å². The molecule has 22 heavy (non-hydrogen) atoms. The summed E-state index contributed by atoms with van der Waals surface area (Å²) in [7, 11) is 0. The van der Waals surface area contributed by atoms with Crippen LogP contribution in [0.25, 0.3) is 0 Å². The molecule has 3 rings (SSSR count). The van der Waals surface area contributed by atoms with Gasteiger partial charge in [-0.1, -0.05) is 13.0 Å². The Morgan fingerprint density at radius 1 is 1.32 bits per heavy atom. The summed E-state index contributed by atoms with van der Waals surface area (Å²) in [5, 5.41) is 0. The molecule has 0 aliphatic carbocycles. The van der Waals surface area contributed by atoms with Crippen molar-refractivity contribution in [1.29, 1.82) is 0 Å². The molecular formula is C17H24N2O3. The van der Waals surface area contributed by atoms with Crippen LogP contribution in [0.3, 0.4) is 0 Å². The standard InChI is InChI=1S/C17H24N2O3/c1-17(11-18)6-7-19(12-17)16(20)5-3-13-2-4-14-15(10-13)22-9-8-21-14/h2,4,10H,3,5-9,11-12,18H2,1H3. The van der Waals surface area contributed by atoms with Crippen LogP contribution in [0.5, 0.6) is 11.5 Å². The zero-order valence-corrected chi connectivity index (χ0v) is 13.1. The van der Waals surface area contributed by atoms with Crippen molar-refractivity contribution >= 4 is 5.91 Å². The SMILES string of the molecule is CC1(CN)CCN(C(=O)CCc2ccc3c(c2)OCCO3)C1. The average molecular weight is 304 g/mol. The molecule has 1 aromatic carbocycles. The van der Waals surface area contributed by atoms with E-state index in [4.69, 9.17) is 15.2 Å². The van der Waals surface area contributed by atoms with Gasteiger partial charge in [0.15, 0.2) is 11.5 Å². The molecule has 1 atom stereocenters. The van der Waals surface area contributed by atoms with Gasteiger partial charge < -0.3 is 20.1 Å². The molecular weight excluding hydrogens is 280 g/mol. The van der Waals surface area contributed by atoms with Gasteiger partial charge in [0.1, 0.15) is 13.2 Å². The number of ether oxygens (including phenoxy) is 2. The van der Waals surface area contributed by atoms with Crippen LogP contribution in [0.1, 0.15) is 25.3 Å². The first-order valence-corrected chi connectivity index (χ1v) is 7.96. The van der Waals surface area contributed by atoms with E-state index in [1.54, 1.807) is 0 Å². The molecule has 0 aromatic heterocycles. The minimum atomic E-state index is 0.0899. The Morgan fingerprint density at radius 3 is 2.82 bits per heavy atom. The normalized spacial score (nSPS) is 23.6. The molecule has 2 N–H and O–H groups in total. The fraction of sp³-hybridized carbons (Fsp3) is 0.588. The quantitative estimate of drug-likeness (QED) is 0.917. The molecule has 2 aliphatic rings. The number of carbonyl (C=O) groups is 1. The smallest absolute Gasteiger partial charge is 0.222 e. The van der Waals surface area contributed by atoms with E-state index in [0.717, 1.165) is 43.0 Å². The molecule has 0 bridgehead atoms. The molecule has 2 aliphatic heterocycles. The van der Waals surface area contributed by atoms with Gasteiger partial charge in [-0.2, -0.15) is 0 Å². The highest BCUT2D eigenvalue weighted by Gasteiger charge is 2.34. The van der Waals surface area contributed by atoms with E-state index in [2.05, 4.69) is 6.92 Å². The number of carbonyl (C=O) groups excluding carboxylic acids is 1. The van der Waals surface area contributed by atoms with Gasteiger partial charge in [0.05, 0.1) is 0 Å². The summed E-state index contributed by atoms with van der Waals surface area (Å²) in [6, 6.07) is 5.92. The lowest BCUT2D eigenvalue weighted by Gasteiger charge is -2.22. The van der Waals surface area contributed by atoms with Crippen LogP contribution in [-0.2, 0) is 11.2 Å². The fourth-order valence-electron chi connectivity index (χ4n) is 3.06. The molecule has 120 valence electrons. The van der Waals surface area contributed by atoms with E-state index in [9.17, 15) is 4.79 Å². The number of nitrogens with zero attached hydrogens (tertiary/aromatic N) is 1. The van der Waals surface area contributed by atoms with Crippen LogP contribution in [-0.4, -0.2) is 43.7 Å². The lowest BCUT2D eigenvalue weighted by atomic mass is 9.90. The van der Waals surface area contributed by atoms with E-state index in [0.29, 0.717) is 26.2 Å². The maximum absolute atomic E-state index is 12.3. The first kappa shape index (κ1) is 15.2. The predicted molar refractivity (Wildman–Crippen MR) is 84.1 cm³/mol. The molecule has 1 saturated heterocycles. The highest BCUT2D eigenvalue weighted by Crippen LogP contribution is 2.32. The Morgan fingerprint density at radius 2 is 2.09 bits per heavy atom. The van der Waals surface area contributed by atoms with Gasteiger partial charge >= 0.3 is 0 Å². The Bertz CT molecular complexity index is 561. The van der Waals surface area contributed by atoms with Crippen LogP contribution in [0.2, 0.25) is 0 Å². The number of nitrogens with two attached hydrogens (primary N) is 1. The van der Waals surface area contributed by atoms with Crippen molar-refractivity contribution in [1.82, 2.24) is 4.90 Å². The average Bonchev–Trinajstić information content (AvgIpc) is 2.95. The monoisotopic (exact) mass is 304 g/mol. The van der Waals surface area contributed by atoms with Crippen LogP contribution in [0, 0.1) is 5.41 Å². The van der Waals surface area contributed by atoms with Crippen molar-refractivity contribution < 1.29 is 14.3 Å². The number of likely N-dealkylation sites (tertiary alicyclic amines) is 1. The number of amides is 1. The van der Waals surface area contributed by atoms with Gasteiger partial charge in [0.2, 0.25) is 5.91 Å². The molecule has 5 nitrogen and oxygen atoms in total. The number of aryl methyl sites for hydroxylation is 1. The molecule has 2 heterocycles. The second-order valence-corrected chi connectivity index (χ2v) is 6.56. The summed E-state index contributed by atoms with van der Waals surface area (Å²) in [6.07, 6.45) is 2.25. The third-order valence-corrected chi connectivity index (χ3v) is 4.64. The molecule has 1 aromatic rings. The summed E-state index contributed by atoms with van der Waals surface area (Å²) in [5.74, 6) is 1.79. The van der Waals surface area contributed by atoms with Crippen LogP contribution in [0.15, 0.2) is 18.2 Å². The maximum atomic E-state index is 12.3. The van der Waals surface area contributed by atoms with Gasteiger partial charge in [-0.25, -0.2) is 0 Å². The van der Waals surface area contributed by atoms with Crippen molar-refractivity contribution in [3.8, 4) is 11.5 Å². The van der Waals surface area contributed by atoms with Gasteiger partial charge in [0.25, 0.3) is 0 Å². The first-order valence-electron chi connectivity index (χ1n) is 7.96. The lowest BCUT2D eigenvalue weighted by Crippen LogP contribution is -2.34. The van der Waals surface area contributed by atoms with E-state index in [-0.39, 0.29) is 11.3 Å².